The topological polar surface area (TPSA) is 49.4 Å². The van der Waals surface area contributed by atoms with Gasteiger partial charge in [0.25, 0.3) is 0 Å². The summed E-state index contributed by atoms with van der Waals surface area (Å²) in [5.41, 5.74) is 1.05. The van der Waals surface area contributed by atoms with Gasteiger partial charge in [0.05, 0.1) is 6.04 Å². The van der Waals surface area contributed by atoms with Gasteiger partial charge in [-0.1, -0.05) is 37.3 Å². The van der Waals surface area contributed by atoms with Gasteiger partial charge in [0.1, 0.15) is 12.6 Å². The molecule has 4 heteroatoms. The smallest absolute Gasteiger partial charge is 0.246 e. The van der Waals surface area contributed by atoms with Crippen LogP contribution in [0.2, 0.25) is 0 Å². The number of hydrogen-bond acceptors (Lipinski definition) is 2. The maximum Gasteiger partial charge on any atom is 0.246 e. The molecule has 96 valence electrons. The first-order valence-corrected chi connectivity index (χ1v) is 6.28. The van der Waals surface area contributed by atoms with Crippen LogP contribution in [0.5, 0.6) is 0 Å². The summed E-state index contributed by atoms with van der Waals surface area (Å²) in [4.78, 5) is 25.5. The number of amides is 2. The lowest BCUT2D eigenvalue weighted by atomic mass is 10.0. The van der Waals surface area contributed by atoms with Crippen LogP contribution in [-0.4, -0.2) is 29.3 Å². The molecule has 1 aliphatic rings. The van der Waals surface area contributed by atoms with Gasteiger partial charge in [-0.2, -0.15) is 0 Å². The summed E-state index contributed by atoms with van der Waals surface area (Å²) in [6.45, 7) is 4.00. The number of hydrogen-bond donors (Lipinski definition) is 1. The van der Waals surface area contributed by atoms with Crippen LogP contribution in [0.15, 0.2) is 30.3 Å². The highest BCUT2D eigenvalue weighted by Gasteiger charge is 2.34. The van der Waals surface area contributed by atoms with Crippen molar-refractivity contribution in [3.05, 3.63) is 35.9 Å². The molecule has 1 fully saturated rings. The van der Waals surface area contributed by atoms with Crippen LogP contribution in [0.25, 0.3) is 0 Å². The van der Waals surface area contributed by atoms with E-state index in [9.17, 15) is 9.59 Å². The van der Waals surface area contributed by atoms with Crippen LogP contribution >= 0.6 is 0 Å². The summed E-state index contributed by atoms with van der Waals surface area (Å²) >= 11 is 0. The maximum absolute atomic E-state index is 12.2. The summed E-state index contributed by atoms with van der Waals surface area (Å²) < 4.78 is 0. The van der Waals surface area contributed by atoms with E-state index in [4.69, 9.17) is 0 Å². The van der Waals surface area contributed by atoms with Gasteiger partial charge < -0.3 is 10.2 Å². The maximum atomic E-state index is 12.2. The van der Waals surface area contributed by atoms with Crippen molar-refractivity contribution in [2.24, 2.45) is 0 Å². The Kier molecular flexibility index (Phi) is 3.65. The quantitative estimate of drug-likeness (QED) is 0.878. The number of piperazine rings is 1. The van der Waals surface area contributed by atoms with Crippen molar-refractivity contribution in [2.45, 2.75) is 32.4 Å². The molecule has 0 saturated carbocycles. The van der Waals surface area contributed by atoms with Crippen LogP contribution in [0.4, 0.5) is 0 Å². The summed E-state index contributed by atoms with van der Waals surface area (Å²) in [6, 6.07) is 9.33. The highest BCUT2D eigenvalue weighted by atomic mass is 16.2. The molecular weight excluding hydrogens is 228 g/mol. The van der Waals surface area contributed by atoms with Crippen molar-refractivity contribution in [1.82, 2.24) is 10.2 Å². The van der Waals surface area contributed by atoms with Gasteiger partial charge in [0.2, 0.25) is 11.8 Å². The van der Waals surface area contributed by atoms with Crippen LogP contribution in [0.1, 0.15) is 31.9 Å². The van der Waals surface area contributed by atoms with E-state index in [2.05, 4.69) is 5.32 Å². The van der Waals surface area contributed by atoms with Gasteiger partial charge in [0, 0.05) is 0 Å². The largest absolute Gasteiger partial charge is 0.343 e. The first-order valence-electron chi connectivity index (χ1n) is 6.28. The zero-order valence-corrected chi connectivity index (χ0v) is 10.7. The fourth-order valence-electron chi connectivity index (χ4n) is 2.25. The Hall–Kier alpha value is -1.84. The van der Waals surface area contributed by atoms with Crippen LogP contribution in [0, 0.1) is 0 Å². The van der Waals surface area contributed by atoms with E-state index in [1.807, 2.05) is 44.2 Å². The van der Waals surface area contributed by atoms with Gasteiger partial charge in [-0.05, 0) is 18.9 Å². The van der Waals surface area contributed by atoms with E-state index >= 15 is 0 Å². The Bertz CT molecular complexity index is 444. The minimum atomic E-state index is -0.377. The fourth-order valence-corrected chi connectivity index (χ4v) is 2.25. The average Bonchev–Trinajstić information content (AvgIpc) is 2.41. The summed E-state index contributed by atoms with van der Waals surface area (Å²) in [7, 11) is 0. The molecule has 0 radical (unpaired) electrons. The Labute approximate surface area is 107 Å². The van der Waals surface area contributed by atoms with E-state index < -0.39 is 0 Å². The number of rotatable bonds is 3. The van der Waals surface area contributed by atoms with Gasteiger partial charge in [-0.15, -0.1) is 0 Å². The highest BCUT2D eigenvalue weighted by molar-refractivity contribution is 5.95. The van der Waals surface area contributed by atoms with Gasteiger partial charge in [0.15, 0.2) is 0 Å². The Morgan fingerprint density at radius 2 is 2.00 bits per heavy atom. The van der Waals surface area contributed by atoms with Crippen molar-refractivity contribution in [2.75, 3.05) is 6.54 Å². The number of nitrogens with zero attached hydrogens (tertiary/aromatic N) is 1. The lowest BCUT2D eigenvalue weighted by Gasteiger charge is -2.36. The normalized spacial score (nSPS) is 21.7. The summed E-state index contributed by atoms with van der Waals surface area (Å²) in [6.07, 6.45) is 0.628. The third kappa shape index (κ3) is 2.37. The molecule has 1 aromatic rings. The molecule has 1 aliphatic heterocycles. The zero-order valence-electron chi connectivity index (χ0n) is 10.7. The number of benzene rings is 1. The second-order valence-corrected chi connectivity index (χ2v) is 4.58. The van der Waals surface area contributed by atoms with Crippen molar-refractivity contribution >= 4 is 11.8 Å². The van der Waals surface area contributed by atoms with Crippen molar-refractivity contribution in [3.63, 3.8) is 0 Å². The summed E-state index contributed by atoms with van der Waals surface area (Å²) in [5, 5.41) is 2.72. The fraction of sp³-hybridized carbons (Fsp3) is 0.429. The molecule has 1 heterocycles. The molecule has 2 atom stereocenters. The first-order chi connectivity index (χ1) is 8.63. The molecule has 1 aromatic carbocycles. The molecule has 2 unspecified atom stereocenters. The van der Waals surface area contributed by atoms with E-state index in [1.54, 1.807) is 4.90 Å². The van der Waals surface area contributed by atoms with E-state index in [1.165, 1.54) is 0 Å². The second kappa shape index (κ2) is 5.21. The van der Waals surface area contributed by atoms with Crippen molar-refractivity contribution in [1.29, 1.82) is 0 Å². The lowest BCUT2D eigenvalue weighted by Crippen LogP contribution is -2.58. The number of carbonyl (C=O) groups excluding carboxylic acids is 2. The third-order valence-electron chi connectivity index (χ3n) is 3.39. The highest BCUT2D eigenvalue weighted by Crippen LogP contribution is 2.22. The Morgan fingerprint density at radius 1 is 1.33 bits per heavy atom. The van der Waals surface area contributed by atoms with Gasteiger partial charge in [-0.3, -0.25) is 9.59 Å². The van der Waals surface area contributed by atoms with Crippen LogP contribution in [-0.2, 0) is 9.59 Å². The lowest BCUT2D eigenvalue weighted by molar-refractivity contribution is -0.146. The molecular formula is C14H18N2O2. The molecule has 2 amide bonds. The predicted octanol–water partition coefficient (Wildman–Crippen LogP) is 1.48. The van der Waals surface area contributed by atoms with Gasteiger partial charge >= 0.3 is 0 Å². The Morgan fingerprint density at radius 3 is 2.61 bits per heavy atom. The third-order valence-corrected chi connectivity index (χ3v) is 3.39. The van der Waals surface area contributed by atoms with Crippen LogP contribution < -0.4 is 5.32 Å². The van der Waals surface area contributed by atoms with Crippen LogP contribution in [0.3, 0.4) is 0 Å². The molecule has 1 N–H and O–H groups in total. The molecule has 1 saturated heterocycles. The SMILES string of the molecule is CCC1NC(=O)CN(C(C)c2ccccc2)C1=O. The standard InChI is InChI=1S/C14H18N2O2/c1-3-12-14(18)16(9-13(17)15-12)10(2)11-7-5-4-6-8-11/h4-8,10,12H,3,9H2,1-2H3,(H,15,17). The predicted molar refractivity (Wildman–Crippen MR) is 68.8 cm³/mol. The van der Waals surface area contributed by atoms with Crippen molar-refractivity contribution < 1.29 is 9.59 Å². The van der Waals surface area contributed by atoms with E-state index in [0.717, 1.165) is 5.56 Å². The molecule has 0 aliphatic carbocycles. The molecule has 2 rings (SSSR count). The molecule has 0 aromatic heterocycles. The minimum Gasteiger partial charge on any atom is -0.343 e. The Balaban J connectivity index is 2.21. The first kappa shape index (κ1) is 12.6. The number of nitrogens with one attached hydrogen (secondary N) is 1. The van der Waals surface area contributed by atoms with E-state index in [-0.39, 0.29) is 30.4 Å². The monoisotopic (exact) mass is 246 g/mol. The number of carbonyl (C=O) groups is 2. The zero-order chi connectivity index (χ0) is 13.1. The van der Waals surface area contributed by atoms with Crippen molar-refractivity contribution in [3.8, 4) is 0 Å². The molecule has 0 spiro atoms. The van der Waals surface area contributed by atoms with E-state index in [0.29, 0.717) is 6.42 Å². The summed E-state index contributed by atoms with van der Waals surface area (Å²) in [5.74, 6) is -0.0716. The second-order valence-electron chi connectivity index (χ2n) is 4.58. The molecule has 4 nitrogen and oxygen atoms in total. The molecule has 18 heavy (non-hydrogen) atoms. The molecule has 0 bridgehead atoms. The van der Waals surface area contributed by atoms with Gasteiger partial charge in [-0.25, -0.2) is 0 Å². The minimum absolute atomic E-state index is 0.00783. The average molecular weight is 246 g/mol.